The van der Waals surface area contributed by atoms with Crippen LogP contribution in [0.5, 0.6) is 0 Å². The van der Waals surface area contributed by atoms with Gasteiger partial charge < -0.3 is 4.74 Å². The Kier molecular flexibility index (Phi) is 10.4. The van der Waals surface area contributed by atoms with Crippen LogP contribution < -0.4 is 0 Å². The maximum absolute atomic E-state index is 12.4. The number of hydrogen-bond acceptors (Lipinski definition) is 6. The number of imide groups is 1. The van der Waals surface area contributed by atoms with E-state index in [1.807, 2.05) is 12.5 Å². The Morgan fingerprint density at radius 1 is 1.17 bits per heavy atom. The number of allylic oxidation sites excluding steroid dienone is 1. The van der Waals surface area contributed by atoms with E-state index in [9.17, 15) is 14.4 Å². The van der Waals surface area contributed by atoms with E-state index >= 15 is 0 Å². The van der Waals surface area contributed by atoms with Crippen LogP contribution in [0.3, 0.4) is 0 Å². The van der Waals surface area contributed by atoms with E-state index in [-0.39, 0.29) is 35.2 Å². The number of carbonyl (C=O) groups is 3. The molecule has 0 heterocycles. The van der Waals surface area contributed by atoms with Crippen LogP contribution >= 0.6 is 23.5 Å². The van der Waals surface area contributed by atoms with Gasteiger partial charge in [0.25, 0.3) is 0 Å². The molecule has 138 valence electrons. The third kappa shape index (κ3) is 7.75. The summed E-state index contributed by atoms with van der Waals surface area (Å²) in [6, 6.07) is 0. The van der Waals surface area contributed by atoms with Crippen LogP contribution in [-0.2, 0) is 19.1 Å². The molecule has 0 bridgehead atoms. The first kappa shape index (κ1) is 23.1. The fourth-order valence-electron chi connectivity index (χ4n) is 1.75. The molecule has 0 fully saturated rings. The summed E-state index contributed by atoms with van der Waals surface area (Å²) >= 11 is 3.05. The lowest BCUT2D eigenvalue weighted by Gasteiger charge is -2.28. The van der Waals surface area contributed by atoms with Crippen molar-refractivity contribution >= 4 is 41.3 Å². The standard InChI is InChI=1S/C17H29NO4S2/c1-8-9-10-13(19)18(5)14(20)11-12(15(23-6)24-7)22-16(21)17(2,3)4/h8,12,15H,1,9-11H2,2-7H3. The number of thioether (sulfide) groups is 2. The fourth-order valence-corrected chi connectivity index (χ4v) is 3.43. The zero-order valence-corrected chi connectivity index (χ0v) is 17.1. The van der Waals surface area contributed by atoms with Gasteiger partial charge in [-0.05, 0) is 39.7 Å². The number of esters is 1. The molecular formula is C17H29NO4S2. The molecule has 0 aliphatic carbocycles. The molecule has 7 heteroatoms. The molecule has 0 aliphatic rings. The van der Waals surface area contributed by atoms with E-state index in [4.69, 9.17) is 4.74 Å². The Balaban J connectivity index is 5.04. The SMILES string of the molecule is C=CCCC(=O)N(C)C(=O)CC(OC(=O)C(C)(C)C)C(SC)SC. The molecule has 0 aromatic rings. The molecular weight excluding hydrogens is 346 g/mol. The second-order valence-electron chi connectivity index (χ2n) is 6.41. The zero-order valence-electron chi connectivity index (χ0n) is 15.5. The highest BCUT2D eigenvalue weighted by Crippen LogP contribution is 2.29. The van der Waals surface area contributed by atoms with E-state index in [2.05, 4.69) is 6.58 Å². The van der Waals surface area contributed by atoms with Crippen LogP contribution in [0.2, 0.25) is 0 Å². The first-order valence-corrected chi connectivity index (χ1v) is 10.3. The average Bonchev–Trinajstić information content (AvgIpc) is 2.51. The number of carbonyl (C=O) groups excluding carboxylic acids is 3. The molecule has 0 aromatic carbocycles. The Bertz CT molecular complexity index is 456. The lowest BCUT2D eigenvalue weighted by atomic mass is 9.97. The van der Waals surface area contributed by atoms with E-state index in [0.717, 1.165) is 4.90 Å². The number of ether oxygens (including phenoxy) is 1. The van der Waals surface area contributed by atoms with Gasteiger partial charge in [-0.2, -0.15) is 0 Å². The average molecular weight is 376 g/mol. The molecule has 0 rings (SSSR count). The minimum Gasteiger partial charge on any atom is -0.459 e. The summed E-state index contributed by atoms with van der Waals surface area (Å²) in [7, 11) is 1.46. The van der Waals surface area contributed by atoms with Crippen molar-refractivity contribution in [3.8, 4) is 0 Å². The van der Waals surface area contributed by atoms with Gasteiger partial charge in [-0.15, -0.1) is 30.1 Å². The molecule has 1 atom stereocenters. The van der Waals surface area contributed by atoms with E-state index in [0.29, 0.717) is 6.42 Å². The topological polar surface area (TPSA) is 63.7 Å². The predicted octanol–water partition coefficient (Wildman–Crippen LogP) is 3.34. The van der Waals surface area contributed by atoms with Crippen molar-refractivity contribution in [2.75, 3.05) is 19.6 Å². The molecule has 0 radical (unpaired) electrons. The van der Waals surface area contributed by atoms with Crippen molar-refractivity contribution in [1.82, 2.24) is 4.90 Å². The Morgan fingerprint density at radius 3 is 2.12 bits per heavy atom. The van der Waals surface area contributed by atoms with Gasteiger partial charge in [0.15, 0.2) is 0 Å². The Hall–Kier alpha value is -0.950. The first-order valence-electron chi connectivity index (χ1n) is 7.75. The third-order valence-corrected chi connectivity index (χ3v) is 6.02. The maximum Gasteiger partial charge on any atom is 0.311 e. The largest absolute Gasteiger partial charge is 0.459 e. The molecule has 5 nitrogen and oxygen atoms in total. The van der Waals surface area contributed by atoms with Crippen molar-refractivity contribution in [2.45, 2.75) is 50.7 Å². The van der Waals surface area contributed by atoms with E-state index in [1.54, 1.807) is 26.8 Å². The van der Waals surface area contributed by atoms with Crippen LogP contribution in [0, 0.1) is 5.41 Å². The number of nitrogens with zero attached hydrogens (tertiary/aromatic N) is 1. The molecule has 0 aliphatic heterocycles. The normalized spacial score (nSPS) is 12.6. The molecule has 0 saturated heterocycles. The summed E-state index contributed by atoms with van der Waals surface area (Å²) in [6.07, 6.45) is 5.63. The van der Waals surface area contributed by atoms with Crippen molar-refractivity contribution in [3.63, 3.8) is 0 Å². The van der Waals surface area contributed by atoms with Gasteiger partial charge >= 0.3 is 5.97 Å². The monoisotopic (exact) mass is 375 g/mol. The summed E-state index contributed by atoms with van der Waals surface area (Å²) in [5.41, 5.74) is -0.644. The lowest BCUT2D eigenvalue weighted by molar-refractivity contribution is -0.159. The number of amides is 2. The van der Waals surface area contributed by atoms with Crippen molar-refractivity contribution in [3.05, 3.63) is 12.7 Å². The minimum absolute atomic E-state index is 0.00943. The van der Waals surface area contributed by atoms with Gasteiger partial charge in [-0.3, -0.25) is 19.3 Å². The Labute approximate surface area is 153 Å². The van der Waals surface area contributed by atoms with Crippen LogP contribution in [-0.4, -0.2) is 52.9 Å². The van der Waals surface area contributed by atoms with Gasteiger partial charge in [-0.1, -0.05) is 6.08 Å². The van der Waals surface area contributed by atoms with E-state index < -0.39 is 11.5 Å². The minimum atomic E-state index is -0.644. The summed E-state index contributed by atoms with van der Waals surface area (Å²) < 4.78 is 5.51. The zero-order chi connectivity index (χ0) is 18.9. The van der Waals surface area contributed by atoms with Gasteiger partial charge in [0.05, 0.1) is 16.4 Å². The summed E-state index contributed by atoms with van der Waals surface area (Å²) in [4.78, 5) is 37.7. The predicted molar refractivity (Wildman–Crippen MR) is 102 cm³/mol. The van der Waals surface area contributed by atoms with Crippen LogP contribution in [0.25, 0.3) is 0 Å². The van der Waals surface area contributed by atoms with Gasteiger partial charge in [0.2, 0.25) is 11.8 Å². The third-order valence-electron chi connectivity index (χ3n) is 3.33. The maximum atomic E-state index is 12.4. The van der Waals surface area contributed by atoms with Crippen LogP contribution in [0.1, 0.15) is 40.0 Å². The summed E-state index contributed by atoms with van der Waals surface area (Å²) in [5.74, 6) is -0.955. The number of rotatable bonds is 9. The molecule has 0 spiro atoms. The fraction of sp³-hybridized carbons (Fsp3) is 0.706. The van der Waals surface area contributed by atoms with Crippen molar-refractivity contribution in [1.29, 1.82) is 0 Å². The van der Waals surface area contributed by atoms with Gasteiger partial charge in [0, 0.05) is 13.5 Å². The van der Waals surface area contributed by atoms with Gasteiger partial charge in [0.1, 0.15) is 6.10 Å². The molecule has 2 amide bonds. The quantitative estimate of drug-likeness (QED) is 0.350. The summed E-state index contributed by atoms with van der Waals surface area (Å²) in [6.45, 7) is 8.88. The molecule has 0 N–H and O–H groups in total. The lowest BCUT2D eigenvalue weighted by Crippen LogP contribution is -2.40. The highest BCUT2D eigenvalue weighted by molar-refractivity contribution is 8.16. The molecule has 1 unspecified atom stereocenters. The second-order valence-corrected chi connectivity index (χ2v) is 8.67. The first-order chi connectivity index (χ1) is 11.1. The molecule has 0 saturated carbocycles. The van der Waals surface area contributed by atoms with Crippen LogP contribution in [0.4, 0.5) is 0 Å². The molecule has 0 aromatic heterocycles. The highest BCUT2D eigenvalue weighted by Gasteiger charge is 2.33. The smallest absolute Gasteiger partial charge is 0.311 e. The second kappa shape index (κ2) is 10.8. The Morgan fingerprint density at radius 2 is 1.71 bits per heavy atom. The summed E-state index contributed by atoms with van der Waals surface area (Å²) in [5, 5.41) is 0. The van der Waals surface area contributed by atoms with Crippen LogP contribution in [0.15, 0.2) is 12.7 Å². The number of hydrogen-bond donors (Lipinski definition) is 0. The highest BCUT2D eigenvalue weighted by atomic mass is 32.2. The van der Waals surface area contributed by atoms with E-state index in [1.165, 1.54) is 30.6 Å². The molecule has 24 heavy (non-hydrogen) atoms. The van der Waals surface area contributed by atoms with Crippen molar-refractivity contribution in [2.24, 2.45) is 5.41 Å². The van der Waals surface area contributed by atoms with Gasteiger partial charge in [-0.25, -0.2) is 0 Å². The van der Waals surface area contributed by atoms with Crippen molar-refractivity contribution < 1.29 is 19.1 Å².